The summed E-state index contributed by atoms with van der Waals surface area (Å²) in [6.07, 6.45) is 0. The lowest BCUT2D eigenvalue weighted by Crippen LogP contribution is -2.25. The van der Waals surface area contributed by atoms with Crippen LogP contribution in [0.15, 0.2) is 41.3 Å². The maximum absolute atomic E-state index is 12.4. The van der Waals surface area contributed by atoms with Crippen LogP contribution >= 0.6 is 11.3 Å². The molecule has 0 atom stereocenters. The minimum absolute atomic E-state index is 0.0750. The fraction of sp³-hybridized carbons (Fsp3) is 0.353. The van der Waals surface area contributed by atoms with Crippen molar-refractivity contribution in [2.45, 2.75) is 18.4 Å². The van der Waals surface area contributed by atoms with Crippen LogP contribution in [0.2, 0.25) is 0 Å². The van der Waals surface area contributed by atoms with Gasteiger partial charge in [-0.05, 0) is 43.3 Å². The van der Waals surface area contributed by atoms with Gasteiger partial charge in [0.15, 0.2) is 9.84 Å². The van der Waals surface area contributed by atoms with Crippen LogP contribution in [-0.4, -0.2) is 45.7 Å². The van der Waals surface area contributed by atoms with Gasteiger partial charge in [-0.15, -0.1) is 11.3 Å². The first-order chi connectivity index (χ1) is 11.3. The first kappa shape index (κ1) is 18.6. The summed E-state index contributed by atoms with van der Waals surface area (Å²) in [4.78, 5) is 16.6. The Labute approximate surface area is 146 Å². The number of nitrogens with zero attached hydrogens (tertiary/aromatic N) is 1. The van der Waals surface area contributed by atoms with Crippen LogP contribution in [-0.2, 0) is 21.1 Å². The molecule has 1 amide bonds. The molecule has 2 rings (SSSR count). The van der Waals surface area contributed by atoms with E-state index in [2.05, 4.69) is 0 Å². The molecule has 1 aromatic heterocycles. The van der Waals surface area contributed by atoms with E-state index in [0.29, 0.717) is 12.1 Å². The van der Waals surface area contributed by atoms with Crippen molar-refractivity contribution in [3.63, 3.8) is 0 Å². The topological polar surface area (TPSA) is 63.7 Å². The fourth-order valence-corrected chi connectivity index (χ4v) is 4.33. The minimum atomic E-state index is -3.38. The highest BCUT2D eigenvalue weighted by molar-refractivity contribution is 7.91. The predicted octanol–water partition coefficient (Wildman–Crippen LogP) is 2.75. The Bertz CT molecular complexity index is 794. The monoisotopic (exact) mass is 367 g/mol. The molecule has 2 aromatic rings. The average molecular weight is 367 g/mol. The quantitative estimate of drug-likeness (QED) is 0.755. The number of benzene rings is 1. The second-order valence-electron chi connectivity index (χ2n) is 5.51. The van der Waals surface area contributed by atoms with Crippen molar-refractivity contribution in [1.82, 2.24) is 4.90 Å². The minimum Gasteiger partial charge on any atom is -0.384 e. The van der Waals surface area contributed by atoms with E-state index in [1.54, 1.807) is 35.4 Å². The van der Waals surface area contributed by atoms with Crippen LogP contribution in [0.5, 0.6) is 0 Å². The number of thiophene rings is 1. The first-order valence-corrected chi connectivity index (χ1v) is 9.93. The molecule has 0 unspecified atom stereocenters. The van der Waals surface area contributed by atoms with Crippen LogP contribution < -0.4 is 0 Å². The number of aryl methyl sites for hydroxylation is 1. The van der Waals surface area contributed by atoms with Crippen molar-refractivity contribution in [2.24, 2.45) is 0 Å². The lowest BCUT2D eigenvalue weighted by molar-refractivity contribution is 0.0786. The summed E-state index contributed by atoms with van der Waals surface area (Å²) < 4.78 is 29.0. The van der Waals surface area contributed by atoms with E-state index in [1.165, 1.54) is 24.1 Å². The third kappa shape index (κ3) is 4.66. The van der Waals surface area contributed by atoms with Gasteiger partial charge in [0.1, 0.15) is 0 Å². The Hall–Kier alpha value is -1.70. The summed E-state index contributed by atoms with van der Waals surface area (Å²) in [5.41, 5.74) is 0.469. The molecular formula is C17H21NO4S2. The van der Waals surface area contributed by atoms with Gasteiger partial charge in [0.2, 0.25) is 0 Å². The van der Waals surface area contributed by atoms with E-state index in [1.807, 2.05) is 19.1 Å². The lowest BCUT2D eigenvalue weighted by Gasteiger charge is -2.16. The molecule has 24 heavy (non-hydrogen) atoms. The number of hydrogen-bond donors (Lipinski definition) is 0. The van der Waals surface area contributed by atoms with Crippen molar-refractivity contribution < 1.29 is 17.9 Å². The zero-order valence-electron chi connectivity index (χ0n) is 14.0. The Balaban J connectivity index is 2.08. The Kier molecular flexibility index (Phi) is 6.15. The molecule has 1 heterocycles. The van der Waals surface area contributed by atoms with Gasteiger partial charge < -0.3 is 9.64 Å². The molecular weight excluding hydrogens is 346 g/mol. The van der Waals surface area contributed by atoms with E-state index in [4.69, 9.17) is 4.74 Å². The van der Waals surface area contributed by atoms with Crippen molar-refractivity contribution in [3.8, 4) is 0 Å². The van der Waals surface area contributed by atoms with Crippen molar-refractivity contribution >= 4 is 27.1 Å². The summed E-state index contributed by atoms with van der Waals surface area (Å²) in [6.45, 7) is 2.70. The molecule has 5 nitrogen and oxygen atoms in total. The van der Waals surface area contributed by atoms with Gasteiger partial charge >= 0.3 is 0 Å². The number of hydrogen-bond acceptors (Lipinski definition) is 5. The zero-order valence-corrected chi connectivity index (χ0v) is 15.6. The number of ether oxygens (including phenoxy) is 1. The van der Waals surface area contributed by atoms with E-state index in [-0.39, 0.29) is 23.2 Å². The molecule has 0 radical (unpaired) electrons. The van der Waals surface area contributed by atoms with Crippen LogP contribution in [0.1, 0.15) is 20.1 Å². The number of sulfone groups is 1. The van der Waals surface area contributed by atoms with Gasteiger partial charge in [0.05, 0.1) is 23.8 Å². The third-order valence-corrected chi connectivity index (χ3v) is 6.23. The second kappa shape index (κ2) is 7.92. The highest BCUT2D eigenvalue weighted by atomic mass is 32.2. The number of carbonyl (C=O) groups excluding carboxylic acids is 1. The van der Waals surface area contributed by atoms with Gasteiger partial charge in [-0.3, -0.25) is 4.79 Å². The van der Waals surface area contributed by atoms with E-state index in [0.717, 1.165) is 4.88 Å². The second-order valence-corrected chi connectivity index (χ2v) is 8.99. The van der Waals surface area contributed by atoms with Crippen LogP contribution in [0.4, 0.5) is 0 Å². The molecule has 0 bridgehead atoms. The molecule has 0 saturated heterocycles. The standard InChI is InChI=1S/C17H21NO4S2/c1-13-4-7-15(23-13)12-18(2)17(19)14-5-8-16(9-6-14)24(20,21)11-10-22-3/h4-9H,10-12H2,1-3H3. The Morgan fingerprint density at radius 3 is 2.38 bits per heavy atom. The maximum atomic E-state index is 12.4. The predicted molar refractivity (Wildman–Crippen MR) is 95.2 cm³/mol. The summed E-state index contributed by atoms with van der Waals surface area (Å²) in [7, 11) is -0.182. The smallest absolute Gasteiger partial charge is 0.253 e. The van der Waals surface area contributed by atoms with E-state index in [9.17, 15) is 13.2 Å². The molecule has 0 saturated carbocycles. The molecule has 0 aliphatic carbocycles. The number of methoxy groups -OCH3 is 1. The van der Waals surface area contributed by atoms with Crippen molar-refractivity contribution in [2.75, 3.05) is 26.5 Å². The fourth-order valence-electron chi connectivity index (χ4n) is 2.21. The maximum Gasteiger partial charge on any atom is 0.253 e. The van der Waals surface area contributed by atoms with Crippen LogP contribution in [0.25, 0.3) is 0 Å². The van der Waals surface area contributed by atoms with Gasteiger partial charge in [-0.1, -0.05) is 0 Å². The largest absolute Gasteiger partial charge is 0.384 e. The van der Waals surface area contributed by atoms with E-state index >= 15 is 0 Å². The van der Waals surface area contributed by atoms with Gasteiger partial charge in [-0.25, -0.2) is 8.42 Å². The van der Waals surface area contributed by atoms with Crippen molar-refractivity contribution in [1.29, 1.82) is 0 Å². The van der Waals surface area contributed by atoms with Gasteiger partial charge in [0, 0.05) is 29.5 Å². The number of amides is 1. The lowest BCUT2D eigenvalue weighted by atomic mass is 10.2. The third-order valence-electron chi connectivity index (χ3n) is 3.55. The SMILES string of the molecule is COCCS(=O)(=O)c1ccc(C(=O)N(C)Cc2ccc(C)s2)cc1. The van der Waals surface area contributed by atoms with Crippen LogP contribution in [0, 0.1) is 6.92 Å². The first-order valence-electron chi connectivity index (χ1n) is 7.46. The molecule has 7 heteroatoms. The summed E-state index contributed by atoms with van der Waals surface area (Å²) in [6, 6.07) is 10.1. The Morgan fingerprint density at radius 1 is 1.17 bits per heavy atom. The molecule has 0 N–H and O–H groups in total. The molecule has 0 aliphatic rings. The summed E-state index contributed by atoms with van der Waals surface area (Å²) in [5, 5.41) is 0. The zero-order chi connectivity index (χ0) is 17.7. The molecule has 0 spiro atoms. The van der Waals surface area contributed by atoms with Gasteiger partial charge in [-0.2, -0.15) is 0 Å². The number of rotatable bonds is 7. The molecule has 130 valence electrons. The summed E-state index contributed by atoms with van der Waals surface area (Å²) in [5.74, 6) is -0.212. The highest BCUT2D eigenvalue weighted by Crippen LogP contribution is 2.18. The van der Waals surface area contributed by atoms with Gasteiger partial charge in [0.25, 0.3) is 5.91 Å². The molecule has 0 aliphatic heterocycles. The van der Waals surface area contributed by atoms with Crippen molar-refractivity contribution in [3.05, 3.63) is 51.7 Å². The molecule has 1 aromatic carbocycles. The molecule has 0 fully saturated rings. The highest BCUT2D eigenvalue weighted by Gasteiger charge is 2.17. The van der Waals surface area contributed by atoms with E-state index < -0.39 is 9.84 Å². The normalized spacial score (nSPS) is 11.5. The Morgan fingerprint density at radius 2 is 1.83 bits per heavy atom. The number of carbonyl (C=O) groups is 1. The summed E-state index contributed by atoms with van der Waals surface area (Å²) >= 11 is 1.66. The average Bonchev–Trinajstić information content (AvgIpc) is 2.97. The van der Waals surface area contributed by atoms with Crippen LogP contribution in [0.3, 0.4) is 0 Å².